The minimum absolute atomic E-state index is 0.0931. The molecule has 3 rings (SSSR count). The van der Waals surface area contributed by atoms with E-state index in [1.54, 1.807) is 6.07 Å². The molecule has 2 N–H and O–H groups in total. The van der Waals surface area contributed by atoms with Crippen molar-refractivity contribution in [2.45, 2.75) is 24.7 Å². The van der Waals surface area contributed by atoms with Crippen molar-refractivity contribution in [2.75, 3.05) is 36.0 Å². The summed E-state index contributed by atoms with van der Waals surface area (Å²) in [6, 6.07) is 9.75. The molecule has 0 unspecified atom stereocenters. The summed E-state index contributed by atoms with van der Waals surface area (Å²) in [7, 11) is -6.09. The number of carbonyl (C=O) groups excluding carboxylic acids is 1. The number of amides is 1. The lowest BCUT2D eigenvalue weighted by atomic mass is 9.97. The number of rotatable bonds is 8. The molecule has 1 fully saturated rings. The summed E-state index contributed by atoms with van der Waals surface area (Å²) >= 11 is 0. The molecule has 9 nitrogen and oxygen atoms in total. The number of sulfonamides is 2. The largest absolute Gasteiger partial charge is 0.494 e. The second kappa shape index (κ2) is 10.1. The van der Waals surface area contributed by atoms with Gasteiger partial charge >= 0.3 is 0 Å². The molecule has 0 spiro atoms. The Morgan fingerprint density at radius 3 is 2.39 bits per heavy atom. The van der Waals surface area contributed by atoms with Crippen LogP contribution in [0.25, 0.3) is 0 Å². The van der Waals surface area contributed by atoms with Gasteiger partial charge in [-0.2, -0.15) is 4.31 Å². The average molecular weight is 500 g/mol. The van der Waals surface area contributed by atoms with Crippen molar-refractivity contribution in [3.8, 4) is 5.75 Å². The van der Waals surface area contributed by atoms with Crippen LogP contribution in [0.15, 0.2) is 47.4 Å². The Kier molecular flexibility index (Phi) is 7.60. The molecule has 0 bridgehead atoms. The maximum Gasteiger partial charge on any atom is 0.245 e. The van der Waals surface area contributed by atoms with E-state index in [-0.39, 0.29) is 53.9 Å². The van der Waals surface area contributed by atoms with E-state index in [1.807, 2.05) is 0 Å². The van der Waals surface area contributed by atoms with Crippen LogP contribution in [0.2, 0.25) is 0 Å². The first-order valence-corrected chi connectivity index (χ1v) is 13.4. The molecule has 0 radical (unpaired) electrons. The number of nitrogens with one attached hydrogen (secondary N) is 2. The van der Waals surface area contributed by atoms with E-state index in [9.17, 15) is 26.0 Å². The van der Waals surface area contributed by atoms with Gasteiger partial charge in [0, 0.05) is 30.8 Å². The molecule has 33 heavy (non-hydrogen) atoms. The van der Waals surface area contributed by atoms with Gasteiger partial charge in [0.05, 0.1) is 18.6 Å². The number of benzene rings is 2. The van der Waals surface area contributed by atoms with Gasteiger partial charge in [-0.1, -0.05) is 12.1 Å². The van der Waals surface area contributed by atoms with E-state index in [1.165, 1.54) is 48.7 Å². The summed E-state index contributed by atoms with van der Waals surface area (Å²) in [6.45, 7) is 1.70. The SMILES string of the molecule is CCS(=O)(=O)Nc1ccc(NC(=O)C2CCN(S(=O)(=O)c3ccccc3F)CC2)cc1OC. The number of methoxy groups -OCH3 is 1. The van der Waals surface area contributed by atoms with Crippen LogP contribution in [0.3, 0.4) is 0 Å². The zero-order valence-electron chi connectivity index (χ0n) is 18.2. The maximum atomic E-state index is 14.0. The lowest BCUT2D eigenvalue weighted by molar-refractivity contribution is -0.120. The van der Waals surface area contributed by atoms with Crippen LogP contribution in [0.5, 0.6) is 5.75 Å². The van der Waals surface area contributed by atoms with E-state index in [0.717, 1.165) is 6.07 Å². The molecular formula is C21H26FN3O6S2. The van der Waals surface area contributed by atoms with Crippen molar-refractivity contribution in [3.63, 3.8) is 0 Å². The lowest BCUT2D eigenvalue weighted by Gasteiger charge is -2.30. The number of piperidine rings is 1. The van der Waals surface area contributed by atoms with Gasteiger partial charge in [-0.05, 0) is 44.0 Å². The number of halogens is 1. The third-order valence-electron chi connectivity index (χ3n) is 5.39. The lowest BCUT2D eigenvalue weighted by Crippen LogP contribution is -2.41. The van der Waals surface area contributed by atoms with Gasteiger partial charge < -0.3 is 10.1 Å². The van der Waals surface area contributed by atoms with Crippen molar-refractivity contribution in [1.82, 2.24) is 4.31 Å². The van der Waals surface area contributed by atoms with Gasteiger partial charge in [0.1, 0.15) is 16.5 Å². The zero-order valence-corrected chi connectivity index (χ0v) is 19.9. The Morgan fingerprint density at radius 2 is 1.79 bits per heavy atom. The fraction of sp³-hybridized carbons (Fsp3) is 0.381. The van der Waals surface area contributed by atoms with Crippen molar-refractivity contribution < 1.29 is 30.8 Å². The summed E-state index contributed by atoms with van der Waals surface area (Å²) in [5.74, 6) is -1.38. The third kappa shape index (κ3) is 5.81. The van der Waals surface area contributed by atoms with E-state index >= 15 is 0 Å². The Morgan fingerprint density at radius 1 is 1.12 bits per heavy atom. The molecule has 0 saturated carbocycles. The quantitative estimate of drug-likeness (QED) is 0.576. The van der Waals surface area contributed by atoms with Crippen LogP contribution in [-0.4, -0.2) is 53.0 Å². The van der Waals surface area contributed by atoms with E-state index < -0.39 is 31.8 Å². The maximum absolute atomic E-state index is 14.0. The fourth-order valence-electron chi connectivity index (χ4n) is 3.49. The predicted molar refractivity (Wildman–Crippen MR) is 123 cm³/mol. The Labute approximate surface area is 193 Å². The van der Waals surface area contributed by atoms with Gasteiger partial charge in [-0.15, -0.1) is 0 Å². The smallest absolute Gasteiger partial charge is 0.245 e. The molecule has 2 aromatic carbocycles. The molecular weight excluding hydrogens is 473 g/mol. The Balaban J connectivity index is 1.64. The minimum atomic E-state index is -3.98. The molecule has 0 atom stereocenters. The highest BCUT2D eigenvalue weighted by atomic mass is 32.2. The Bertz CT molecular complexity index is 1230. The number of carbonyl (C=O) groups is 1. The van der Waals surface area contributed by atoms with Crippen molar-refractivity contribution in [2.24, 2.45) is 5.92 Å². The normalized spacial score (nSPS) is 15.7. The first-order valence-electron chi connectivity index (χ1n) is 10.3. The highest BCUT2D eigenvalue weighted by molar-refractivity contribution is 7.92. The molecule has 12 heteroatoms. The first-order chi connectivity index (χ1) is 15.6. The van der Waals surface area contributed by atoms with Gasteiger partial charge in [-0.3, -0.25) is 9.52 Å². The highest BCUT2D eigenvalue weighted by Crippen LogP contribution is 2.30. The molecule has 1 aliphatic heterocycles. The fourth-order valence-corrected chi connectivity index (χ4v) is 5.67. The van der Waals surface area contributed by atoms with Crippen LogP contribution >= 0.6 is 0 Å². The predicted octanol–water partition coefficient (Wildman–Crippen LogP) is 2.64. The van der Waals surface area contributed by atoms with Crippen LogP contribution in [0.1, 0.15) is 19.8 Å². The summed E-state index contributed by atoms with van der Waals surface area (Å²) in [5, 5.41) is 2.76. The minimum Gasteiger partial charge on any atom is -0.494 e. The number of nitrogens with zero attached hydrogens (tertiary/aromatic N) is 1. The molecule has 0 aliphatic carbocycles. The standard InChI is InChI=1S/C21H26FN3O6S2/c1-3-32(27,28)24-18-9-8-16(14-19(18)31-2)23-21(26)15-10-12-25(13-11-15)33(29,30)20-7-5-4-6-17(20)22/h4-9,14-15,24H,3,10-13H2,1-2H3,(H,23,26). The van der Waals surface area contributed by atoms with Gasteiger partial charge in [0.2, 0.25) is 26.0 Å². The van der Waals surface area contributed by atoms with Crippen molar-refractivity contribution in [3.05, 3.63) is 48.3 Å². The summed E-state index contributed by atoms with van der Waals surface area (Å²) < 4.78 is 71.9. The topological polar surface area (TPSA) is 122 Å². The molecule has 0 aromatic heterocycles. The second-order valence-electron chi connectivity index (χ2n) is 7.52. The Hall–Kier alpha value is -2.70. The van der Waals surface area contributed by atoms with Crippen LogP contribution < -0.4 is 14.8 Å². The highest BCUT2D eigenvalue weighted by Gasteiger charge is 2.33. The van der Waals surface area contributed by atoms with Gasteiger partial charge in [-0.25, -0.2) is 21.2 Å². The molecule has 1 saturated heterocycles. The summed E-state index contributed by atoms with van der Waals surface area (Å²) in [5.41, 5.74) is 0.668. The van der Waals surface area contributed by atoms with Crippen molar-refractivity contribution in [1.29, 1.82) is 0 Å². The first kappa shape index (κ1) is 24.9. The van der Waals surface area contributed by atoms with Crippen molar-refractivity contribution >= 4 is 37.3 Å². The van der Waals surface area contributed by atoms with Crippen LogP contribution in [0.4, 0.5) is 15.8 Å². The summed E-state index contributed by atoms with van der Waals surface area (Å²) in [4.78, 5) is 12.3. The van der Waals surface area contributed by atoms with E-state index in [4.69, 9.17) is 4.74 Å². The van der Waals surface area contributed by atoms with Crippen LogP contribution in [-0.2, 0) is 24.8 Å². The molecule has 1 heterocycles. The summed E-state index contributed by atoms with van der Waals surface area (Å²) in [6.07, 6.45) is 0.566. The zero-order chi connectivity index (χ0) is 24.2. The number of hydrogen-bond donors (Lipinski definition) is 2. The molecule has 2 aromatic rings. The number of hydrogen-bond acceptors (Lipinski definition) is 6. The molecule has 1 amide bonds. The average Bonchev–Trinajstić information content (AvgIpc) is 2.80. The van der Waals surface area contributed by atoms with Crippen LogP contribution in [0, 0.1) is 11.7 Å². The number of anilines is 2. The number of ether oxygens (including phenoxy) is 1. The van der Waals surface area contributed by atoms with Gasteiger partial charge in [0.25, 0.3) is 0 Å². The van der Waals surface area contributed by atoms with E-state index in [0.29, 0.717) is 5.69 Å². The third-order valence-corrected chi connectivity index (χ3v) is 8.62. The monoisotopic (exact) mass is 499 g/mol. The second-order valence-corrected chi connectivity index (χ2v) is 11.4. The molecule has 180 valence electrons. The van der Waals surface area contributed by atoms with E-state index in [2.05, 4.69) is 10.0 Å². The van der Waals surface area contributed by atoms with Gasteiger partial charge in [0.15, 0.2) is 0 Å². The molecule has 1 aliphatic rings.